The van der Waals surface area contributed by atoms with Gasteiger partial charge in [0.05, 0.1) is 20.3 Å². The molecule has 1 aromatic carbocycles. The van der Waals surface area contributed by atoms with Crippen molar-refractivity contribution in [2.24, 2.45) is 5.41 Å². The van der Waals surface area contributed by atoms with Crippen molar-refractivity contribution in [1.29, 1.82) is 0 Å². The van der Waals surface area contributed by atoms with Crippen molar-refractivity contribution < 1.29 is 28.9 Å². The highest BCUT2D eigenvalue weighted by Gasteiger charge is 2.48. The molecule has 0 fully saturated rings. The third-order valence-electron chi connectivity index (χ3n) is 3.76. The average molecular weight is 338 g/mol. The van der Waals surface area contributed by atoms with E-state index in [1.165, 1.54) is 13.2 Å². The van der Waals surface area contributed by atoms with E-state index in [9.17, 15) is 14.7 Å². The van der Waals surface area contributed by atoms with Crippen LogP contribution in [0.4, 0.5) is 0 Å². The predicted octanol–water partition coefficient (Wildman–Crippen LogP) is 2.86. The molecule has 24 heavy (non-hydrogen) atoms. The van der Waals surface area contributed by atoms with Gasteiger partial charge in [-0.1, -0.05) is 19.4 Å². The van der Waals surface area contributed by atoms with Crippen LogP contribution in [0, 0.1) is 5.41 Å². The van der Waals surface area contributed by atoms with E-state index >= 15 is 0 Å². The molecule has 1 rings (SSSR count). The molecular formula is C18H26O6. The molecule has 0 amide bonds. The third kappa shape index (κ3) is 4.40. The molecular weight excluding hydrogens is 312 g/mol. The number of carbonyl (C=O) groups excluding carboxylic acids is 2. The average Bonchev–Trinajstić information content (AvgIpc) is 2.55. The van der Waals surface area contributed by atoms with Gasteiger partial charge in [0.25, 0.3) is 0 Å². The number of aromatic hydroxyl groups is 1. The lowest BCUT2D eigenvalue weighted by Crippen LogP contribution is -2.44. The van der Waals surface area contributed by atoms with Crippen LogP contribution < -0.4 is 4.74 Å². The SMILES string of the molecule is CCCC(Cc1ccc(OC)c(O)c1)(C(=O)OCC)C(=O)OCC. The van der Waals surface area contributed by atoms with Gasteiger partial charge in [0, 0.05) is 0 Å². The number of phenolic OH excluding ortho intramolecular Hbond substituents is 1. The molecule has 0 saturated carbocycles. The first kappa shape index (κ1) is 19.8. The van der Waals surface area contributed by atoms with Crippen LogP contribution in [-0.4, -0.2) is 37.4 Å². The topological polar surface area (TPSA) is 82.1 Å². The van der Waals surface area contributed by atoms with E-state index in [4.69, 9.17) is 14.2 Å². The van der Waals surface area contributed by atoms with Crippen molar-refractivity contribution in [3.63, 3.8) is 0 Å². The zero-order valence-corrected chi connectivity index (χ0v) is 14.8. The van der Waals surface area contributed by atoms with Crippen LogP contribution in [0.25, 0.3) is 0 Å². The minimum absolute atomic E-state index is 0.0480. The van der Waals surface area contributed by atoms with E-state index in [-0.39, 0.29) is 25.4 Å². The molecule has 0 saturated heterocycles. The molecule has 134 valence electrons. The second-order valence-electron chi connectivity index (χ2n) is 5.46. The quantitative estimate of drug-likeness (QED) is 0.551. The number of hydrogen-bond acceptors (Lipinski definition) is 6. The van der Waals surface area contributed by atoms with Gasteiger partial charge in [0.15, 0.2) is 16.9 Å². The minimum atomic E-state index is -1.41. The largest absolute Gasteiger partial charge is 0.504 e. The van der Waals surface area contributed by atoms with Gasteiger partial charge < -0.3 is 19.3 Å². The number of benzene rings is 1. The van der Waals surface area contributed by atoms with Crippen LogP contribution >= 0.6 is 0 Å². The zero-order valence-electron chi connectivity index (χ0n) is 14.8. The molecule has 0 aliphatic rings. The number of esters is 2. The van der Waals surface area contributed by atoms with Crippen LogP contribution in [0.1, 0.15) is 39.2 Å². The zero-order chi connectivity index (χ0) is 18.2. The Labute approximate surface area is 142 Å². The number of methoxy groups -OCH3 is 1. The monoisotopic (exact) mass is 338 g/mol. The standard InChI is InChI=1S/C18H26O6/c1-5-10-18(16(20)23-6-2,17(21)24-7-3)12-13-8-9-15(22-4)14(19)11-13/h8-9,11,19H,5-7,10,12H2,1-4H3. The predicted molar refractivity (Wildman–Crippen MR) is 89.0 cm³/mol. The molecule has 0 unspecified atom stereocenters. The summed E-state index contributed by atoms with van der Waals surface area (Å²) in [6, 6.07) is 4.79. The maximum Gasteiger partial charge on any atom is 0.323 e. The van der Waals surface area contributed by atoms with Crippen LogP contribution in [0.15, 0.2) is 18.2 Å². The molecule has 6 nitrogen and oxygen atoms in total. The van der Waals surface area contributed by atoms with Crippen molar-refractivity contribution >= 4 is 11.9 Å². The highest BCUT2D eigenvalue weighted by atomic mass is 16.6. The molecule has 0 bridgehead atoms. The summed E-state index contributed by atoms with van der Waals surface area (Å²) in [5, 5.41) is 9.94. The Morgan fingerprint density at radius 2 is 1.67 bits per heavy atom. The number of hydrogen-bond donors (Lipinski definition) is 1. The lowest BCUT2D eigenvalue weighted by atomic mass is 9.77. The minimum Gasteiger partial charge on any atom is -0.504 e. The molecule has 0 aliphatic carbocycles. The second kappa shape index (κ2) is 9.15. The lowest BCUT2D eigenvalue weighted by Gasteiger charge is -2.29. The summed E-state index contributed by atoms with van der Waals surface area (Å²) in [5.74, 6) is -0.915. The molecule has 1 N–H and O–H groups in total. The molecule has 0 aliphatic heterocycles. The molecule has 1 aromatic rings. The first-order valence-corrected chi connectivity index (χ1v) is 8.15. The van der Waals surface area contributed by atoms with Crippen molar-refractivity contribution in [3.05, 3.63) is 23.8 Å². The van der Waals surface area contributed by atoms with Gasteiger partial charge >= 0.3 is 11.9 Å². The molecule has 0 spiro atoms. The van der Waals surface area contributed by atoms with Gasteiger partial charge in [-0.25, -0.2) is 0 Å². The molecule has 6 heteroatoms. The van der Waals surface area contributed by atoms with Crippen molar-refractivity contribution in [3.8, 4) is 11.5 Å². The lowest BCUT2D eigenvalue weighted by molar-refractivity contribution is -0.172. The van der Waals surface area contributed by atoms with Crippen molar-refractivity contribution in [2.75, 3.05) is 20.3 Å². The number of ether oxygens (including phenoxy) is 3. The van der Waals surface area contributed by atoms with Crippen LogP contribution in [0.5, 0.6) is 11.5 Å². The van der Waals surface area contributed by atoms with E-state index in [2.05, 4.69) is 0 Å². The van der Waals surface area contributed by atoms with Crippen molar-refractivity contribution in [2.45, 2.75) is 40.0 Å². The summed E-state index contributed by atoms with van der Waals surface area (Å²) >= 11 is 0. The Bertz CT molecular complexity index is 549. The van der Waals surface area contributed by atoms with E-state index in [1.807, 2.05) is 6.92 Å². The molecule has 0 atom stereocenters. The summed E-state index contributed by atoms with van der Waals surface area (Å²) in [5.41, 5.74) is -0.787. The highest BCUT2D eigenvalue weighted by molar-refractivity contribution is 6.00. The van der Waals surface area contributed by atoms with Gasteiger partial charge in [-0.05, 0) is 44.4 Å². The maximum atomic E-state index is 12.6. The first-order chi connectivity index (χ1) is 11.4. The Kier molecular flexibility index (Phi) is 7.55. The molecule has 0 heterocycles. The Morgan fingerprint density at radius 3 is 2.08 bits per heavy atom. The summed E-state index contributed by atoms with van der Waals surface area (Å²) in [6.07, 6.45) is 1.01. The van der Waals surface area contributed by atoms with Crippen LogP contribution in [0.2, 0.25) is 0 Å². The van der Waals surface area contributed by atoms with E-state index in [1.54, 1.807) is 26.0 Å². The summed E-state index contributed by atoms with van der Waals surface area (Å²) in [7, 11) is 1.45. The molecule has 0 aromatic heterocycles. The second-order valence-corrected chi connectivity index (χ2v) is 5.46. The third-order valence-corrected chi connectivity index (χ3v) is 3.76. The fraction of sp³-hybridized carbons (Fsp3) is 0.556. The Balaban J connectivity index is 3.26. The number of rotatable bonds is 9. The van der Waals surface area contributed by atoms with E-state index < -0.39 is 17.4 Å². The van der Waals surface area contributed by atoms with Gasteiger partial charge in [0.2, 0.25) is 0 Å². The van der Waals surface area contributed by atoms with Crippen LogP contribution in [-0.2, 0) is 25.5 Å². The van der Waals surface area contributed by atoms with Gasteiger partial charge in [0.1, 0.15) is 0 Å². The van der Waals surface area contributed by atoms with Gasteiger partial charge in [-0.2, -0.15) is 0 Å². The normalized spacial score (nSPS) is 11.0. The highest BCUT2D eigenvalue weighted by Crippen LogP contribution is 2.35. The van der Waals surface area contributed by atoms with E-state index in [0.717, 1.165) is 0 Å². The smallest absolute Gasteiger partial charge is 0.323 e. The van der Waals surface area contributed by atoms with Gasteiger partial charge in [-0.3, -0.25) is 9.59 Å². The van der Waals surface area contributed by atoms with Gasteiger partial charge in [-0.15, -0.1) is 0 Å². The Hall–Kier alpha value is -2.24. The summed E-state index contributed by atoms with van der Waals surface area (Å²) in [6.45, 7) is 5.63. The van der Waals surface area contributed by atoms with E-state index in [0.29, 0.717) is 24.2 Å². The molecule has 0 radical (unpaired) electrons. The van der Waals surface area contributed by atoms with Crippen LogP contribution in [0.3, 0.4) is 0 Å². The fourth-order valence-electron chi connectivity index (χ4n) is 2.68. The number of carbonyl (C=O) groups is 2. The maximum absolute atomic E-state index is 12.6. The van der Waals surface area contributed by atoms with Crippen molar-refractivity contribution in [1.82, 2.24) is 0 Å². The fourth-order valence-corrected chi connectivity index (χ4v) is 2.68. The first-order valence-electron chi connectivity index (χ1n) is 8.15. The Morgan fingerprint density at radius 1 is 1.08 bits per heavy atom. The summed E-state index contributed by atoms with van der Waals surface area (Å²) in [4.78, 5) is 25.1. The summed E-state index contributed by atoms with van der Waals surface area (Å²) < 4.78 is 15.3. The number of phenols is 1.